The highest BCUT2D eigenvalue weighted by molar-refractivity contribution is 6.33. The smallest absolute Gasteiger partial charge is 0.137 e. The lowest BCUT2D eigenvalue weighted by molar-refractivity contribution is 0.470. The molecule has 4 aromatic rings. The molecule has 4 nitrogen and oxygen atoms in total. The molecule has 0 unspecified atom stereocenters. The van der Waals surface area contributed by atoms with Gasteiger partial charge in [0, 0.05) is 11.8 Å². The second-order valence-electron chi connectivity index (χ2n) is 10.7. The number of phenols is 4. The molecule has 0 saturated carbocycles. The Labute approximate surface area is 260 Å². The minimum atomic E-state index is -0.125. The van der Waals surface area contributed by atoms with Gasteiger partial charge >= 0.3 is 0 Å². The molecule has 0 aliphatic rings. The number of aryl methyl sites for hydroxylation is 4. The Morgan fingerprint density at radius 1 is 0.439 bits per heavy atom. The van der Waals surface area contributed by atoms with E-state index in [1.807, 2.05) is 24.3 Å². The summed E-state index contributed by atoms with van der Waals surface area (Å²) in [7, 11) is 0. The molecule has 8 heteroatoms. The maximum absolute atomic E-state index is 10.3. The van der Waals surface area contributed by atoms with Crippen LogP contribution in [0.1, 0.15) is 75.6 Å². The highest BCUT2D eigenvalue weighted by Crippen LogP contribution is 2.43. The Kier molecular flexibility index (Phi) is 9.60. The number of rotatable bonds is 8. The van der Waals surface area contributed by atoms with E-state index in [9.17, 15) is 20.4 Å². The SMILES string of the molecule is Cc1cc(C(CCCC(c2cc(C)c(O)c(Cl)c2)c2cc(C)c(O)c(Cl)c2)c2cc(C)c(O)c(Cl)c2)cc(Cl)c1O. The number of phenolic OH excluding ortho intramolecular Hbond substituents is 4. The fourth-order valence-corrected chi connectivity index (χ4v) is 6.53. The lowest BCUT2D eigenvalue weighted by Crippen LogP contribution is -2.07. The van der Waals surface area contributed by atoms with Crippen molar-refractivity contribution in [2.45, 2.75) is 58.8 Å². The van der Waals surface area contributed by atoms with Crippen molar-refractivity contribution in [2.24, 2.45) is 0 Å². The molecular formula is C33H32Cl4O4. The predicted molar refractivity (Wildman–Crippen MR) is 169 cm³/mol. The van der Waals surface area contributed by atoms with Gasteiger partial charge in [-0.2, -0.15) is 0 Å². The first-order chi connectivity index (χ1) is 19.3. The molecule has 4 aromatic carbocycles. The van der Waals surface area contributed by atoms with Crippen molar-refractivity contribution in [3.8, 4) is 23.0 Å². The van der Waals surface area contributed by atoms with Gasteiger partial charge in [-0.3, -0.25) is 0 Å². The third-order valence-corrected chi connectivity index (χ3v) is 8.85. The Balaban J connectivity index is 1.74. The normalized spacial score (nSPS) is 11.6. The lowest BCUT2D eigenvalue weighted by Gasteiger charge is -2.24. The summed E-state index contributed by atoms with van der Waals surface area (Å²) < 4.78 is 0. The second kappa shape index (κ2) is 12.6. The molecule has 0 saturated heterocycles. The van der Waals surface area contributed by atoms with Crippen molar-refractivity contribution in [3.63, 3.8) is 0 Å². The third kappa shape index (κ3) is 6.67. The van der Waals surface area contributed by atoms with Crippen LogP contribution in [-0.2, 0) is 0 Å². The minimum absolute atomic E-state index is 0.0494. The lowest BCUT2D eigenvalue weighted by atomic mass is 9.81. The first-order valence-corrected chi connectivity index (χ1v) is 14.8. The molecule has 0 atom stereocenters. The van der Waals surface area contributed by atoms with Crippen molar-refractivity contribution in [3.05, 3.63) is 113 Å². The molecule has 216 valence electrons. The minimum Gasteiger partial charge on any atom is -0.506 e. The van der Waals surface area contributed by atoms with Gasteiger partial charge in [-0.15, -0.1) is 0 Å². The van der Waals surface area contributed by atoms with Gasteiger partial charge < -0.3 is 20.4 Å². The first-order valence-electron chi connectivity index (χ1n) is 13.2. The maximum atomic E-state index is 10.3. The molecule has 0 aliphatic carbocycles. The molecule has 4 N–H and O–H groups in total. The van der Waals surface area contributed by atoms with E-state index < -0.39 is 0 Å². The molecular weight excluding hydrogens is 602 g/mol. The van der Waals surface area contributed by atoms with Crippen molar-refractivity contribution in [1.29, 1.82) is 0 Å². The first kappa shape index (κ1) is 31.2. The molecule has 0 spiro atoms. The topological polar surface area (TPSA) is 80.9 Å². The molecule has 0 aliphatic heterocycles. The molecule has 0 radical (unpaired) electrons. The van der Waals surface area contributed by atoms with Crippen molar-refractivity contribution in [2.75, 3.05) is 0 Å². The summed E-state index contributed by atoms with van der Waals surface area (Å²) in [5.74, 6) is -0.0534. The summed E-state index contributed by atoms with van der Waals surface area (Å²) in [6.07, 6.45) is 2.15. The zero-order chi connectivity index (χ0) is 30.2. The third-order valence-electron chi connectivity index (χ3n) is 7.70. The van der Waals surface area contributed by atoms with Crippen LogP contribution in [0.3, 0.4) is 0 Å². The van der Waals surface area contributed by atoms with Gasteiger partial charge in [-0.25, -0.2) is 0 Å². The Morgan fingerprint density at radius 3 is 0.854 bits per heavy atom. The molecule has 0 bridgehead atoms. The van der Waals surface area contributed by atoms with Crippen LogP contribution < -0.4 is 0 Å². The number of hydrogen-bond donors (Lipinski definition) is 4. The number of aromatic hydroxyl groups is 4. The van der Waals surface area contributed by atoms with E-state index in [0.29, 0.717) is 35.1 Å². The fourth-order valence-electron chi connectivity index (χ4n) is 5.43. The fraction of sp³-hybridized carbons (Fsp3) is 0.273. The average Bonchev–Trinajstić information content (AvgIpc) is 2.91. The van der Waals surface area contributed by atoms with Gasteiger partial charge in [0.15, 0.2) is 0 Å². The maximum Gasteiger partial charge on any atom is 0.137 e. The standard InChI is InChI=1S/C33H32Cl4O4/c1-16-8-20(12-26(34)30(16)38)24(21-9-17(2)31(39)27(35)13-21)6-5-7-25(22-10-18(3)32(40)28(36)14-22)23-11-19(4)33(41)29(37)15-23/h8-15,24-25,38-41H,5-7H2,1-4H3. The summed E-state index contributed by atoms with van der Waals surface area (Å²) >= 11 is 25.5. The summed E-state index contributed by atoms with van der Waals surface area (Å²) in [6.45, 7) is 7.22. The molecule has 0 fully saturated rings. The van der Waals surface area contributed by atoms with Crippen LogP contribution in [0.25, 0.3) is 0 Å². The van der Waals surface area contributed by atoms with E-state index in [-0.39, 0.29) is 54.9 Å². The highest BCUT2D eigenvalue weighted by atomic mass is 35.5. The van der Waals surface area contributed by atoms with Crippen LogP contribution in [0.4, 0.5) is 0 Å². The van der Waals surface area contributed by atoms with Crippen LogP contribution in [0, 0.1) is 27.7 Å². The van der Waals surface area contributed by atoms with E-state index in [0.717, 1.165) is 28.7 Å². The molecule has 4 rings (SSSR count). The summed E-state index contributed by atoms with van der Waals surface area (Å²) in [6, 6.07) is 14.8. The van der Waals surface area contributed by atoms with Gasteiger partial charge in [-0.05, 0) is 109 Å². The predicted octanol–water partition coefficient (Wildman–Crippen LogP) is 10.5. The zero-order valence-corrected chi connectivity index (χ0v) is 26.2. The summed E-state index contributed by atoms with van der Waals surface area (Å²) in [4.78, 5) is 0. The van der Waals surface area contributed by atoms with Gasteiger partial charge in [0.2, 0.25) is 0 Å². The molecule has 0 heterocycles. The van der Waals surface area contributed by atoms with Crippen molar-refractivity contribution >= 4 is 46.4 Å². The Hall–Kier alpha value is -2.76. The largest absolute Gasteiger partial charge is 0.506 e. The molecule has 41 heavy (non-hydrogen) atoms. The average molecular weight is 634 g/mol. The molecule has 0 aromatic heterocycles. The molecule has 0 amide bonds. The quantitative estimate of drug-likeness (QED) is 0.156. The Bertz CT molecular complexity index is 1290. The highest BCUT2D eigenvalue weighted by Gasteiger charge is 2.23. The van der Waals surface area contributed by atoms with Crippen LogP contribution >= 0.6 is 46.4 Å². The zero-order valence-electron chi connectivity index (χ0n) is 23.2. The van der Waals surface area contributed by atoms with Crippen LogP contribution in [0.15, 0.2) is 48.5 Å². The van der Waals surface area contributed by atoms with E-state index in [1.54, 1.807) is 52.0 Å². The van der Waals surface area contributed by atoms with E-state index >= 15 is 0 Å². The van der Waals surface area contributed by atoms with E-state index in [2.05, 4.69) is 0 Å². The summed E-state index contributed by atoms with van der Waals surface area (Å²) in [5.41, 5.74) is 6.37. The number of benzene rings is 4. The van der Waals surface area contributed by atoms with Crippen LogP contribution in [-0.4, -0.2) is 20.4 Å². The number of halogens is 4. The van der Waals surface area contributed by atoms with Gasteiger partial charge in [0.25, 0.3) is 0 Å². The van der Waals surface area contributed by atoms with Crippen molar-refractivity contribution in [1.82, 2.24) is 0 Å². The monoisotopic (exact) mass is 632 g/mol. The van der Waals surface area contributed by atoms with Crippen LogP contribution in [0.2, 0.25) is 20.1 Å². The van der Waals surface area contributed by atoms with Crippen LogP contribution in [0.5, 0.6) is 23.0 Å². The number of hydrogen-bond acceptors (Lipinski definition) is 4. The van der Waals surface area contributed by atoms with E-state index in [4.69, 9.17) is 46.4 Å². The Morgan fingerprint density at radius 2 is 0.659 bits per heavy atom. The summed E-state index contributed by atoms with van der Waals surface area (Å²) in [5, 5.41) is 42.3. The van der Waals surface area contributed by atoms with E-state index in [1.165, 1.54) is 0 Å². The van der Waals surface area contributed by atoms with Crippen molar-refractivity contribution < 1.29 is 20.4 Å². The van der Waals surface area contributed by atoms with Gasteiger partial charge in [0.05, 0.1) is 20.1 Å². The van der Waals surface area contributed by atoms with Gasteiger partial charge in [0.1, 0.15) is 23.0 Å². The second-order valence-corrected chi connectivity index (χ2v) is 12.3. The van der Waals surface area contributed by atoms with Gasteiger partial charge in [-0.1, -0.05) is 77.1 Å².